The van der Waals surface area contributed by atoms with Crippen LogP contribution in [0, 0.1) is 0 Å². The van der Waals surface area contributed by atoms with Gasteiger partial charge >= 0.3 is 0 Å². The molecule has 3 N–H and O–H groups in total. The van der Waals surface area contributed by atoms with Gasteiger partial charge in [0.15, 0.2) is 0 Å². The average molecular weight is 280 g/mol. The minimum Gasteiger partial charge on any atom is -0.494 e. The summed E-state index contributed by atoms with van der Waals surface area (Å²) < 4.78 is 10.4. The lowest BCUT2D eigenvalue weighted by molar-refractivity contribution is -0.117. The molecule has 1 atom stereocenters. The lowest BCUT2D eigenvalue weighted by Gasteiger charge is -2.12. The molecule has 0 saturated carbocycles. The van der Waals surface area contributed by atoms with E-state index in [9.17, 15) is 4.79 Å². The van der Waals surface area contributed by atoms with Crippen LogP contribution >= 0.6 is 0 Å². The molecule has 0 radical (unpaired) electrons. The predicted octanol–water partition coefficient (Wildman–Crippen LogP) is 2.17. The van der Waals surface area contributed by atoms with Gasteiger partial charge in [0.25, 0.3) is 0 Å². The van der Waals surface area contributed by atoms with E-state index in [0.717, 1.165) is 24.3 Å². The maximum atomic E-state index is 11.9. The molecule has 0 heterocycles. The van der Waals surface area contributed by atoms with E-state index in [1.807, 2.05) is 24.3 Å². The van der Waals surface area contributed by atoms with Gasteiger partial charge < -0.3 is 20.5 Å². The number of nitrogens with one attached hydrogen (secondary N) is 1. The minimum atomic E-state index is -0.513. The van der Waals surface area contributed by atoms with Crippen LogP contribution in [0.3, 0.4) is 0 Å². The molecule has 0 fully saturated rings. The number of amides is 1. The fourth-order valence-corrected chi connectivity index (χ4v) is 1.67. The van der Waals surface area contributed by atoms with Gasteiger partial charge in [0.05, 0.1) is 12.6 Å². The van der Waals surface area contributed by atoms with Gasteiger partial charge in [-0.3, -0.25) is 4.79 Å². The lowest BCUT2D eigenvalue weighted by atomic mass is 10.1. The Bertz CT molecular complexity index is 393. The van der Waals surface area contributed by atoms with Crippen LogP contribution in [0.25, 0.3) is 0 Å². The van der Waals surface area contributed by atoms with E-state index in [1.165, 1.54) is 0 Å². The highest BCUT2D eigenvalue weighted by molar-refractivity contribution is 5.94. The standard InChI is InChI=1S/C15H24N2O3/c1-3-10-20-13-8-6-12(7-9-13)17-15(18)14(16)5-4-11-19-2/h6-9,14H,3-5,10-11,16H2,1-2H3,(H,17,18). The molecule has 1 rings (SSSR count). The highest BCUT2D eigenvalue weighted by atomic mass is 16.5. The molecule has 0 bridgehead atoms. The Morgan fingerprint density at radius 3 is 2.60 bits per heavy atom. The van der Waals surface area contributed by atoms with Crippen LogP contribution in [-0.4, -0.2) is 32.3 Å². The lowest BCUT2D eigenvalue weighted by Crippen LogP contribution is -2.35. The van der Waals surface area contributed by atoms with Crippen molar-refractivity contribution < 1.29 is 14.3 Å². The molecule has 1 aromatic carbocycles. The Kier molecular flexibility index (Phi) is 7.69. The van der Waals surface area contributed by atoms with E-state index in [2.05, 4.69) is 12.2 Å². The first-order valence-electron chi connectivity index (χ1n) is 6.95. The summed E-state index contributed by atoms with van der Waals surface area (Å²) in [7, 11) is 1.63. The highest BCUT2D eigenvalue weighted by Crippen LogP contribution is 2.16. The number of anilines is 1. The zero-order valence-electron chi connectivity index (χ0n) is 12.2. The molecule has 1 amide bonds. The summed E-state index contributed by atoms with van der Waals surface area (Å²) in [5.41, 5.74) is 6.53. The Morgan fingerprint density at radius 1 is 1.30 bits per heavy atom. The van der Waals surface area contributed by atoms with Gasteiger partial charge in [-0.05, 0) is 43.5 Å². The normalized spacial score (nSPS) is 11.9. The molecule has 0 aliphatic carbocycles. The quantitative estimate of drug-likeness (QED) is 0.680. The summed E-state index contributed by atoms with van der Waals surface area (Å²) in [4.78, 5) is 11.9. The van der Waals surface area contributed by atoms with E-state index in [4.69, 9.17) is 15.2 Å². The second-order valence-electron chi connectivity index (χ2n) is 4.60. The van der Waals surface area contributed by atoms with Crippen molar-refractivity contribution in [2.45, 2.75) is 32.2 Å². The summed E-state index contributed by atoms with van der Waals surface area (Å²) in [5, 5.41) is 2.79. The van der Waals surface area contributed by atoms with Gasteiger partial charge in [-0.25, -0.2) is 0 Å². The third-order valence-corrected chi connectivity index (χ3v) is 2.80. The molecule has 1 unspecified atom stereocenters. The molecule has 20 heavy (non-hydrogen) atoms. The van der Waals surface area contributed by atoms with Crippen molar-refractivity contribution >= 4 is 11.6 Å². The topological polar surface area (TPSA) is 73.6 Å². The molecule has 0 spiro atoms. The molecule has 1 aromatic rings. The molecular formula is C15H24N2O3. The number of carbonyl (C=O) groups excluding carboxylic acids is 1. The molecule has 0 saturated heterocycles. The summed E-state index contributed by atoms with van der Waals surface area (Å²) >= 11 is 0. The van der Waals surface area contributed by atoms with Gasteiger partial charge in [0.1, 0.15) is 5.75 Å². The van der Waals surface area contributed by atoms with Crippen LogP contribution in [0.1, 0.15) is 26.2 Å². The van der Waals surface area contributed by atoms with E-state index in [-0.39, 0.29) is 5.91 Å². The monoisotopic (exact) mass is 280 g/mol. The maximum Gasteiger partial charge on any atom is 0.241 e. The number of nitrogens with two attached hydrogens (primary N) is 1. The van der Waals surface area contributed by atoms with Crippen LogP contribution in [0.2, 0.25) is 0 Å². The zero-order chi connectivity index (χ0) is 14.8. The van der Waals surface area contributed by atoms with Gasteiger partial charge in [0.2, 0.25) is 5.91 Å². The van der Waals surface area contributed by atoms with E-state index < -0.39 is 6.04 Å². The predicted molar refractivity (Wildman–Crippen MR) is 79.9 cm³/mol. The first-order chi connectivity index (χ1) is 9.67. The van der Waals surface area contributed by atoms with E-state index >= 15 is 0 Å². The second kappa shape index (κ2) is 9.34. The number of carbonyl (C=O) groups is 1. The SMILES string of the molecule is CCCOc1ccc(NC(=O)C(N)CCCOC)cc1. The van der Waals surface area contributed by atoms with Crippen LogP contribution < -0.4 is 15.8 Å². The number of hydrogen-bond donors (Lipinski definition) is 2. The molecule has 0 aliphatic heterocycles. The summed E-state index contributed by atoms with van der Waals surface area (Å²) in [6.45, 7) is 3.36. The van der Waals surface area contributed by atoms with E-state index in [0.29, 0.717) is 19.6 Å². The molecule has 5 heteroatoms. The number of benzene rings is 1. The maximum absolute atomic E-state index is 11.9. The largest absolute Gasteiger partial charge is 0.494 e. The Morgan fingerprint density at radius 2 is 2.00 bits per heavy atom. The fourth-order valence-electron chi connectivity index (χ4n) is 1.67. The van der Waals surface area contributed by atoms with Crippen LogP contribution in [0.15, 0.2) is 24.3 Å². The van der Waals surface area contributed by atoms with Crippen LogP contribution in [0.5, 0.6) is 5.75 Å². The fraction of sp³-hybridized carbons (Fsp3) is 0.533. The Hall–Kier alpha value is -1.59. The van der Waals surface area contributed by atoms with Crippen LogP contribution in [0.4, 0.5) is 5.69 Å². The third-order valence-electron chi connectivity index (χ3n) is 2.80. The first-order valence-corrected chi connectivity index (χ1v) is 6.95. The molecule has 0 aliphatic rings. The second-order valence-corrected chi connectivity index (χ2v) is 4.60. The van der Waals surface area contributed by atoms with Crippen molar-refractivity contribution in [3.63, 3.8) is 0 Å². The van der Waals surface area contributed by atoms with Crippen molar-refractivity contribution in [3.05, 3.63) is 24.3 Å². The van der Waals surface area contributed by atoms with Crippen molar-refractivity contribution in [2.24, 2.45) is 5.73 Å². The van der Waals surface area contributed by atoms with Crippen LogP contribution in [-0.2, 0) is 9.53 Å². The van der Waals surface area contributed by atoms with Gasteiger partial charge in [0, 0.05) is 19.4 Å². The summed E-state index contributed by atoms with van der Waals surface area (Å²) in [6.07, 6.45) is 2.35. The van der Waals surface area contributed by atoms with Crippen molar-refractivity contribution in [3.8, 4) is 5.75 Å². The summed E-state index contributed by atoms with van der Waals surface area (Å²) in [6, 6.07) is 6.78. The molecule has 112 valence electrons. The minimum absolute atomic E-state index is 0.177. The van der Waals surface area contributed by atoms with Gasteiger partial charge in [-0.2, -0.15) is 0 Å². The first kappa shape index (κ1) is 16.5. The third kappa shape index (κ3) is 6.04. The van der Waals surface area contributed by atoms with Crippen molar-refractivity contribution in [1.29, 1.82) is 0 Å². The number of hydrogen-bond acceptors (Lipinski definition) is 4. The molecular weight excluding hydrogens is 256 g/mol. The highest BCUT2D eigenvalue weighted by Gasteiger charge is 2.13. The van der Waals surface area contributed by atoms with Gasteiger partial charge in [-0.1, -0.05) is 6.92 Å². The summed E-state index contributed by atoms with van der Waals surface area (Å²) in [5.74, 6) is 0.623. The number of methoxy groups -OCH3 is 1. The number of rotatable bonds is 9. The zero-order valence-corrected chi connectivity index (χ0v) is 12.2. The van der Waals surface area contributed by atoms with Crippen molar-refractivity contribution in [2.75, 3.05) is 25.6 Å². The Balaban J connectivity index is 2.41. The smallest absolute Gasteiger partial charge is 0.241 e. The Labute approximate surface area is 120 Å². The molecule has 0 aromatic heterocycles. The number of ether oxygens (including phenoxy) is 2. The van der Waals surface area contributed by atoms with Gasteiger partial charge in [-0.15, -0.1) is 0 Å². The molecule has 5 nitrogen and oxygen atoms in total. The average Bonchev–Trinajstić information content (AvgIpc) is 2.46. The van der Waals surface area contributed by atoms with Crippen molar-refractivity contribution in [1.82, 2.24) is 0 Å². The van der Waals surface area contributed by atoms with E-state index in [1.54, 1.807) is 7.11 Å².